The van der Waals surface area contributed by atoms with Crippen LogP contribution >= 0.6 is 0 Å². The van der Waals surface area contributed by atoms with Crippen molar-refractivity contribution in [2.24, 2.45) is 11.8 Å². The molecule has 0 heterocycles. The number of hydrogen-bond donors (Lipinski definition) is 2. The molecule has 0 aromatic carbocycles. The lowest BCUT2D eigenvalue weighted by atomic mass is 9.85. The van der Waals surface area contributed by atoms with Crippen LogP contribution in [0.3, 0.4) is 0 Å². The molecule has 1 fully saturated rings. The van der Waals surface area contributed by atoms with Gasteiger partial charge in [0.2, 0.25) is 5.91 Å². The van der Waals surface area contributed by atoms with Gasteiger partial charge in [-0.3, -0.25) is 10.2 Å². The lowest BCUT2D eigenvalue weighted by Gasteiger charge is -2.30. The van der Waals surface area contributed by atoms with Crippen LogP contribution in [-0.2, 0) is 4.79 Å². The molecule has 0 bridgehead atoms. The quantitative estimate of drug-likeness (QED) is 0.372. The van der Waals surface area contributed by atoms with Crippen LogP contribution in [0.2, 0.25) is 0 Å². The van der Waals surface area contributed by atoms with Crippen molar-refractivity contribution in [3.63, 3.8) is 0 Å². The highest BCUT2D eigenvalue weighted by Gasteiger charge is 2.18. The maximum atomic E-state index is 10.8. The molecular formula is C10H21N3O. The number of nitrogens with zero attached hydrogens (tertiary/aromatic N) is 1. The standard InChI is InChI=1S/C10H21N3O/c1-13(8-9-4-2-5-9)7-3-6-10(14)12-11/h9H,2-8,11H2,1H3,(H,12,14). The topological polar surface area (TPSA) is 58.4 Å². The van der Waals surface area contributed by atoms with Gasteiger partial charge in [0.25, 0.3) is 0 Å². The van der Waals surface area contributed by atoms with Crippen LogP contribution in [0.5, 0.6) is 0 Å². The molecule has 0 aromatic heterocycles. The first-order chi connectivity index (χ1) is 6.72. The van der Waals surface area contributed by atoms with Crippen molar-refractivity contribution >= 4 is 5.91 Å². The molecule has 1 amide bonds. The molecule has 0 radical (unpaired) electrons. The predicted molar refractivity (Wildman–Crippen MR) is 56.4 cm³/mol. The first-order valence-corrected chi connectivity index (χ1v) is 5.40. The molecule has 1 saturated carbocycles. The lowest BCUT2D eigenvalue weighted by Crippen LogP contribution is -2.32. The monoisotopic (exact) mass is 199 g/mol. The predicted octanol–water partition coefficient (Wildman–Crippen LogP) is 0.488. The highest BCUT2D eigenvalue weighted by molar-refractivity contribution is 5.75. The molecule has 1 aliphatic carbocycles. The molecule has 0 aliphatic heterocycles. The van der Waals surface area contributed by atoms with Crippen LogP contribution in [0.4, 0.5) is 0 Å². The van der Waals surface area contributed by atoms with Gasteiger partial charge in [0.15, 0.2) is 0 Å². The van der Waals surface area contributed by atoms with E-state index in [4.69, 9.17) is 5.84 Å². The highest BCUT2D eigenvalue weighted by Crippen LogP contribution is 2.26. The van der Waals surface area contributed by atoms with E-state index < -0.39 is 0 Å². The molecule has 4 nitrogen and oxygen atoms in total. The fraction of sp³-hybridized carbons (Fsp3) is 0.900. The minimum Gasteiger partial charge on any atom is -0.306 e. The van der Waals surface area contributed by atoms with Gasteiger partial charge in [0.1, 0.15) is 0 Å². The molecule has 0 saturated heterocycles. The van der Waals surface area contributed by atoms with Crippen molar-refractivity contribution in [1.29, 1.82) is 0 Å². The molecule has 0 atom stereocenters. The van der Waals surface area contributed by atoms with Crippen molar-refractivity contribution in [2.45, 2.75) is 32.1 Å². The number of nitrogens with two attached hydrogens (primary N) is 1. The van der Waals surface area contributed by atoms with Crippen LogP contribution in [-0.4, -0.2) is 30.9 Å². The number of carbonyl (C=O) groups excluding carboxylic acids is 1. The van der Waals surface area contributed by atoms with Crippen molar-refractivity contribution in [3.05, 3.63) is 0 Å². The molecule has 3 N–H and O–H groups in total. The summed E-state index contributed by atoms with van der Waals surface area (Å²) in [5.41, 5.74) is 2.14. The smallest absolute Gasteiger partial charge is 0.233 e. The third kappa shape index (κ3) is 4.07. The summed E-state index contributed by atoms with van der Waals surface area (Å²) in [7, 11) is 2.12. The molecule has 0 unspecified atom stereocenters. The van der Waals surface area contributed by atoms with E-state index in [1.807, 2.05) is 0 Å². The number of nitrogens with one attached hydrogen (secondary N) is 1. The number of amides is 1. The Balaban J connectivity index is 1.96. The van der Waals surface area contributed by atoms with Gasteiger partial charge in [-0.05, 0) is 38.8 Å². The normalized spacial score (nSPS) is 16.8. The Kier molecular flexibility index (Phi) is 4.90. The van der Waals surface area contributed by atoms with Crippen LogP contribution in [0, 0.1) is 5.92 Å². The molecule has 0 aromatic rings. The van der Waals surface area contributed by atoms with Crippen LogP contribution < -0.4 is 11.3 Å². The van der Waals surface area contributed by atoms with Crippen molar-refractivity contribution in [2.75, 3.05) is 20.1 Å². The van der Waals surface area contributed by atoms with Crippen molar-refractivity contribution in [1.82, 2.24) is 10.3 Å². The second kappa shape index (κ2) is 5.98. The summed E-state index contributed by atoms with van der Waals surface area (Å²) in [6.07, 6.45) is 5.59. The summed E-state index contributed by atoms with van der Waals surface area (Å²) < 4.78 is 0. The maximum absolute atomic E-state index is 10.8. The zero-order chi connectivity index (χ0) is 10.4. The highest BCUT2D eigenvalue weighted by atomic mass is 16.2. The van der Waals surface area contributed by atoms with E-state index in [-0.39, 0.29) is 5.91 Å². The average molecular weight is 199 g/mol. The number of hydrazine groups is 1. The van der Waals surface area contributed by atoms with Crippen LogP contribution in [0.25, 0.3) is 0 Å². The van der Waals surface area contributed by atoms with Crippen molar-refractivity contribution in [3.8, 4) is 0 Å². The number of hydrogen-bond acceptors (Lipinski definition) is 3. The Morgan fingerprint density at radius 3 is 2.79 bits per heavy atom. The molecule has 1 rings (SSSR count). The van der Waals surface area contributed by atoms with Gasteiger partial charge in [-0.2, -0.15) is 0 Å². The molecule has 0 spiro atoms. The maximum Gasteiger partial charge on any atom is 0.233 e. The molecule has 82 valence electrons. The minimum atomic E-state index is -0.0676. The molecular weight excluding hydrogens is 178 g/mol. The third-order valence-corrected chi connectivity index (χ3v) is 2.90. The first-order valence-electron chi connectivity index (χ1n) is 5.40. The summed E-state index contributed by atoms with van der Waals surface area (Å²) in [4.78, 5) is 13.1. The largest absolute Gasteiger partial charge is 0.306 e. The Morgan fingerprint density at radius 2 is 2.29 bits per heavy atom. The second-order valence-corrected chi connectivity index (χ2v) is 4.23. The summed E-state index contributed by atoms with van der Waals surface area (Å²) in [5, 5.41) is 0. The van der Waals surface area contributed by atoms with Gasteiger partial charge in [-0.15, -0.1) is 0 Å². The fourth-order valence-electron chi connectivity index (χ4n) is 1.79. The van der Waals surface area contributed by atoms with E-state index in [1.165, 1.54) is 25.8 Å². The molecule has 4 heteroatoms. The first kappa shape index (κ1) is 11.5. The zero-order valence-electron chi connectivity index (χ0n) is 8.96. The number of rotatable bonds is 6. The van der Waals surface area contributed by atoms with Gasteiger partial charge in [0, 0.05) is 13.0 Å². The Bertz CT molecular complexity index is 180. The van der Waals surface area contributed by atoms with Gasteiger partial charge in [0.05, 0.1) is 0 Å². The average Bonchev–Trinajstić information content (AvgIpc) is 2.11. The Labute approximate surface area is 85.8 Å². The summed E-state index contributed by atoms with van der Waals surface area (Å²) in [5.74, 6) is 5.83. The van der Waals surface area contributed by atoms with E-state index in [1.54, 1.807) is 0 Å². The van der Waals surface area contributed by atoms with E-state index in [0.717, 1.165) is 18.9 Å². The van der Waals surface area contributed by atoms with Gasteiger partial charge < -0.3 is 4.90 Å². The van der Waals surface area contributed by atoms with E-state index in [0.29, 0.717) is 6.42 Å². The summed E-state index contributed by atoms with van der Waals surface area (Å²) in [6.45, 7) is 2.17. The fourth-order valence-corrected chi connectivity index (χ4v) is 1.79. The van der Waals surface area contributed by atoms with Gasteiger partial charge in [-0.25, -0.2) is 5.84 Å². The summed E-state index contributed by atoms with van der Waals surface area (Å²) in [6, 6.07) is 0. The van der Waals surface area contributed by atoms with E-state index in [9.17, 15) is 4.79 Å². The Morgan fingerprint density at radius 1 is 1.57 bits per heavy atom. The minimum absolute atomic E-state index is 0.0676. The van der Waals surface area contributed by atoms with Gasteiger partial charge in [-0.1, -0.05) is 6.42 Å². The van der Waals surface area contributed by atoms with Crippen LogP contribution in [0.1, 0.15) is 32.1 Å². The molecule has 14 heavy (non-hydrogen) atoms. The van der Waals surface area contributed by atoms with Gasteiger partial charge >= 0.3 is 0 Å². The lowest BCUT2D eigenvalue weighted by molar-refractivity contribution is -0.121. The molecule has 1 aliphatic rings. The SMILES string of the molecule is CN(CCCC(=O)NN)CC1CCC1. The summed E-state index contributed by atoms with van der Waals surface area (Å²) >= 11 is 0. The number of carbonyl (C=O) groups is 1. The third-order valence-electron chi connectivity index (χ3n) is 2.90. The second-order valence-electron chi connectivity index (χ2n) is 4.23. The van der Waals surface area contributed by atoms with Crippen LogP contribution in [0.15, 0.2) is 0 Å². The Hall–Kier alpha value is -0.610. The van der Waals surface area contributed by atoms with E-state index in [2.05, 4.69) is 17.4 Å². The zero-order valence-corrected chi connectivity index (χ0v) is 8.96. The van der Waals surface area contributed by atoms with E-state index >= 15 is 0 Å². The van der Waals surface area contributed by atoms with Crippen molar-refractivity contribution < 1.29 is 4.79 Å².